The molecule has 1 atom stereocenters. The van der Waals surface area contributed by atoms with E-state index in [1.165, 1.54) is 11.3 Å². The van der Waals surface area contributed by atoms with E-state index in [4.69, 9.17) is 16.6 Å². The quantitative estimate of drug-likeness (QED) is 0.410. The Bertz CT molecular complexity index is 1200. The first-order chi connectivity index (χ1) is 18.5. The number of hydrogen-bond donors (Lipinski definition) is 2. The van der Waals surface area contributed by atoms with E-state index < -0.39 is 0 Å². The molecule has 202 valence electrons. The largest absolute Gasteiger partial charge is 0.356 e. The van der Waals surface area contributed by atoms with Crippen molar-refractivity contribution in [1.29, 1.82) is 0 Å². The Morgan fingerprint density at radius 3 is 2.79 bits per heavy atom. The van der Waals surface area contributed by atoms with E-state index in [0.717, 1.165) is 32.1 Å². The van der Waals surface area contributed by atoms with Crippen molar-refractivity contribution in [3.8, 4) is 5.95 Å². The number of piperazine rings is 1. The molecule has 1 unspecified atom stereocenters. The van der Waals surface area contributed by atoms with Crippen LogP contribution in [-0.2, 0) is 11.2 Å². The van der Waals surface area contributed by atoms with Gasteiger partial charge in [-0.15, -0.1) is 11.3 Å². The van der Waals surface area contributed by atoms with Crippen molar-refractivity contribution in [2.45, 2.75) is 57.0 Å². The molecular formula is C26H33ClN8O2S. The van der Waals surface area contributed by atoms with Crippen molar-refractivity contribution >= 4 is 40.7 Å². The highest BCUT2D eigenvalue weighted by Crippen LogP contribution is 2.25. The van der Waals surface area contributed by atoms with Gasteiger partial charge in [-0.1, -0.05) is 36.9 Å². The number of aromatic nitrogens is 4. The van der Waals surface area contributed by atoms with E-state index >= 15 is 0 Å². The summed E-state index contributed by atoms with van der Waals surface area (Å²) in [6, 6.07) is 5.70. The molecule has 1 saturated heterocycles. The Hall–Kier alpha value is -3.18. The third kappa shape index (κ3) is 6.82. The van der Waals surface area contributed by atoms with E-state index in [1.807, 2.05) is 16.3 Å². The summed E-state index contributed by atoms with van der Waals surface area (Å²) in [5, 5.41) is 8.60. The lowest BCUT2D eigenvalue weighted by Crippen LogP contribution is -2.59. The Balaban J connectivity index is 1.30. The van der Waals surface area contributed by atoms with Gasteiger partial charge in [0.25, 0.3) is 0 Å². The standard InChI is InChI=1S/C26H33ClN8O2S/c27-22-16-23(32-25(31-22)34-11-10-28-18-34)35-13-12-33(26(37)30-19-5-2-1-3-6-19)17-20(35)15-24(36)29-9-8-21-7-4-14-38-21/h4,7,10-11,14,16,18-20H,1-3,5-6,8-9,12-13,15,17H2,(H,29,36)(H,30,37). The number of urea groups is 1. The number of nitrogens with zero attached hydrogens (tertiary/aromatic N) is 6. The second-order valence-electron chi connectivity index (χ2n) is 9.78. The molecule has 0 spiro atoms. The molecule has 12 heteroatoms. The molecule has 10 nitrogen and oxygen atoms in total. The van der Waals surface area contributed by atoms with Gasteiger partial charge in [-0.05, 0) is 30.7 Å². The maximum absolute atomic E-state index is 13.1. The average Bonchev–Trinajstić information content (AvgIpc) is 3.64. The van der Waals surface area contributed by atoms with Crippen LogP contribution in [-0.4, -0.2) is 74.6 Å². The minimum absolute atomic E-state index is 0.0546. The molecule has 5 rings (SSSR count). The maximum Gasteiger partial charge on any atom is 0.317 e. The number of carbonyl (C=O) groups is 2. The third-order valence-electron chi connectivity index (χ3n) is 7.10. The fourth-order valence-electron chi connectivity index (χ4n) is 5.13. The SMILES string of the molecule is O=C(CC1CN(C(=O)NC2CCCCC2)CCN1c1cc(Cl)nc(-n2ccnc2)n1)NCCc1cccs1. The van der Waals surface area contributed by atoms with E-state index in [0.29, 0.717) is 43.1 Å². The van der Waals surface area contributed by atoms with Crippen LogP contribution < -0.4 is 15.5 Å². The van der Waals surface area contributed by atoms with Gasteiger partial charge in [0, 0.05) is 62.0 Å². The van der Waals surface area contributed by atoms with Gasteiger partial charge in [-0.25, -0.2) is 14.8 Å². The predicted octanol–water partition coefficient (Wildman–Crippen LogP) is 3.66. The van der Waals surface area contributed by atoms with Crippen LogP contribution in [0, 0.1) is 0 Å². The van der Waals surface area contributed by atoms with Crippen molar-refractivity contribution in [1.82, 2.24) is 35.1 Å². The highest BCUT2D eigenvalue weighted by Gasteiger charge is 2.33. The summed E-state index contributed by atoms with van der Waals surface area (Å²) >= 11 is 8.06. The Labute approximate surface area is 231 Å². The average molecular weight is 557 g/mol. The van der Waals surface area contributed by atoms with E-state index in [2.05, 4.69) is 31.6 Å². The molecule has 3 aromatic rings. The number of imidazole rings is 1. The van der Waals surface area contributed by atoms with E-state index in [9.17, 15) is 9.59 Å². The molecule has 1 aliphatic heterocycles. The number of amides is 3. The number of thiophene rings is 1. The smallest absolute Gasteiger partial charge is 0.317 e. The topological polar surface area (TPSA) is 108 Å². The van der Waals surface area contributed by atoms with Crippen molar-refractivity contribution in [2.75, 3.05) is 31.1 Å². The van der Waals surface area contributed by atoms with Crippen LogP contribution in [0.5, 0.6) is 0 Å². The van der Waals surface area contributed by atoms with Crippen molar-refractivity contribution in [2.24, 2.45) is 0 Å². The zero-order valence-electron chi connectivity index (χ0n) is 21.3. The van der Waals surface area contributed by atoms with E-state index in [-0.39, 0.29) is 30.4 Å². The minimum atomic E-state index is -0.260. The summed E-state index contributed by atoms with van der Waals surface area (Å²) in [6.07, 6.45) is 11.6. The molecule has 1 aliphatic carbocycles. The maximum atomic E-state index is 13.1. The molecule has 0 bridgehead atoms. The van der Waals surface area contributed by atoms with Crippen molar-refractivity contribution in [3.63, 3.8) is 0 Å². The molecule has 3 amide bonds. The van der Waals surface area contributed by atoms with Crippen LogP contribution in [0.2, 0.25) is 5.15 Å². The summed E-state index contributed by atoms with van der Waals surface area (Å²) < 4.78 is 1.69. The number of halogens is 1. The number of carbonyl (C=O) groups excluding carboxylic acids is 2. The Morgan fingerprint density at radius 2 is 2.03 bits per heavy atom. The summed E-state index contributed by atoms with van der Waals surface area (Å²) in [5.74, 6) is 0.972. The van der Waals surface area contributed by atoms with Crippen LogP contribution in [0.1, 0.15) is 43.4 Å². The van der Waals surface area contributed by atoms with Gasteiger partial charge in [0.05, 0.1) is 6.04 Å². The van der Waals surface area contributed by atoms with Gasteiger partial charge in [-0.3, -0.25) is 9.36 Å². The monoisotopic (exact) mass is 556 g/mol. The summed E-state index contributed by atoms with van der Waals surface area (Å²) in [5.41, 5.74) is 0. The molecule has 2 aliphatic rings. The summed E-state index contributed by atoms with van der Waals surface area (Å²) in [6.45, 7) is 2.04. The highest BCUT2D eigenvalue weighted by atomic mass is 35.5. The van der Waals surface area contributed by atoms with Gasteiger partial charge in [0.2, 0.25) is 11.9 Å². The van der Waals surface area contributed by atoms with Crippen LogP contribution >= 0.6 is 22.9 Å². The third-order valence-corrected chi connectivity index (χ3v) is 8.23. The summed E-state index contributed by atoms with van der Waals surface area (Å²) in [4.78, 5) is 44.4. The number of anilines is 1. The van der Waals surface area contributed by atoms with Gasteiger partial charge >= 0.3 is 6.03 Å². The zero-order valence-corrected chi connectivity index (χ0v) is 22.8. The number of hydrogen-bond acceptors (Lipinski definition) is 7. The van der Waals surface area contributed by atoms with Crippen molar-refractivity contribution < 1.29 is 9.59 Å². The van der Waals surface area contributed by atoms with Gasteiger partial charge < -0.3 is 20.4 Å². The predicted molar refractivity (Wildman–Crippen MR) is 148 cm³/mol. The molecule has 2 fully saturated rings. The first-order valence-corrected chi connectivity index (χ1v) is 14.4. The van der Waals surface area contributed by atoms with Gasteiger partial charge in [0.1, 0.15) is 17.3 Å². The lowest BCUT2D eigenvalue weighted by atomic mass is 9.96. The Morgan fingerprint density at radius 1 is 1.16 bits per heavy atom. The van der Waals surface area contributed by atoms with Crippen LogP contribution in [0.25, 0.3) is 5.95 Å². The molecule has 3 aromatic heterocycles. The first kappa shape index (κ1) is 26.4. The van der Waals surface area contributed by atoms with Crippen LogP contribution in [0.4, 0.5) is 10.6 Å². The van der Waals surface area contributed by atoms with Crippen LogP contribution in [0.15, 0.2) is 42.3 Å². The lowest BCUT2D eigenvalue weighted by Gasteiger charge is -2.42. The number of nitrogens with one attached hydrogen (secondary N) is 2. The minimum Gasteiger partial charge on any atom is -0.356 e. The normalized spacial score (nSPS) is 18.4. The Kier molecular flexibility index (Phi) is 8.75. The zero-order chi connectivity index (χ0) is 26.3. The van der Waals surface area contributed by atoms with Crippen molar-refractivity contribution in [3.05, 3.63) is 52.3 Å². The molecule has 38 heavy (non-hydrogen) atoms. The molecule has 2 N–H and O–H groups in total. The van der Waals surface area contributed by atoms with E-state index in [1.54, 1.807) is 40.7 Å². The highest BCUT2D eigenvalue weighted by molar-refractivity contribution is 7.09. The molecule has 0 aromatic carbocycles. The lowest BCUT2D eigenvalue weighted by molar-refractivity contribution is -0.121. The molecule has 0 radical (unpaired) electrons. The number of rotatable bonds is 8. The first-order valence-electron chi connectivity index (χ1n) is 13.2. The van der Waals surface area contributed by atoms with Crippen LogP contribution in [0.3, 0.4) is 0 Å². The second-order valence-corrected chi connectivity index (χ2v) is 11.2. The fraction of sp³-hybridized carbons (Fsp3) is 0.500. The van der Waals surface area contributed by atoms with Gasteiger partial charge in [0.15, 0.2) is 0 Å². The summed E-state index contributed by atoms with van der Waals surface area (Å²) in [7, 11) is 0. The molecule has 1 saturated carbocycles. The fourth-order valence-corrected chi connectivity index (χ4v) is 6.01. The molecule has 4 heterocycles. The second kappa shape index (κ2) is 12.6. The molecular weight excluding hydrogens is 524 g/mol. The van der Waals surface area contributed by atoms with Gasteiger partial charge in [-0.2, -0.15) is 4.98 Å².